The molecule has 0 spiro atoms. The van der Waals surface area contributed by atoms with Gasteiger partial charge in [-0.1, -0.05) is 54.6 Å². The van der Waals surface area contributed by atoms with Gasteiger partial charge in [-0.3, -0.25) is 0 Å². The highest BCUT2D eigenvalue weighted by molar-refractivity contribution is 5.83. The molecule has 0 N–H and O–H groups in total. The normalized spacial score (nSPS) is 17.0. The van der Waals surface area contributed by atoms with Gasteiger partial charge in [0.25, 0.3) is 0 Å². The lowest BCUT2D eigenvalue weighted by Crippen LogP contribution is -2.31. The number of hydrogen-bond donors (Lipinski definition) is 0. The molecule has 0 saturated heterocycles. The van der Waals surface area contributed by atoms with Crippen molar-refractivity contribution >= 4 is 10.8 Å². The molecule has 1 aromatic heterocycles. The molecular weight excluding hydrogens is 330 g/mol. The Balaban J connectivity index is 1.59. The third kappa shape index (κ3) is 3.00. The monoisotopic (exact) mass is 350 g/mol. The number of rotatable bonds is 2. The molecule has 3 heteroatoms. The van der Waals surface area contributed by atoms with E-state index in [4.69, 9.17) is 0 Å². The summed E-state index contributed by atoms with van der Waals surface area (Å²) < 4.78 is 0. The number of benzene rings is 3. The number of aromatic nitrogens is 2. The lowest BCUT2D eigenvalue weighted by molar-refractivity contribution is 0.295. The van der Waals surface area contributed by atoms with Crippen LogP contribution in [0.1, 0.15) is 22.6 Å². The van der Waals surface area contributed by atoms with Crippen LogP contribution in [-0.2, 0) is 6.54 Å². The van der Waals surface area contributed by atoms with Crippen molar-refractivity contribution in [2.75, 3.05) is 13.6 Å². The van der Waals surface area contributed by atoms with Gasteiger partial charge >= 0.3 is 0 Å². The first-order valence-electron chi connectivity index (χ1n) is 9.28. The van der Waals surface area contributed by atoms with Crippen LogP contribution in [0.5, 0.6) is 0 Å². The molecule has 3 aromatic carbocycles. The van der Waals surface area contributed by atoms with Crippen LogP contribution in [0.4, 0.5) is 0 Å². The maximum Gasteiger partial charge on any atom is 0.113 e. The van der Waals surface area contributed by atoms with Gasteiger partial charge in [-0.15, -0.1) is 10.2 Å². The van der Waals surface area contributed by atoms with Crippen molar-refractivity contribution in [1.29, 1.82) is 0 Å². The van der Waals surface area contributed by atoms with Crippen molar-refractivity contribution in [3.63, 3.8) is 0 Å². The van der Waals surface area contributed by atoms with Crippen LogP contribution >= 0.6 is 0 Å². The SMILES string of the molecule is CN1Cc2cc(-c3cc[c]nn3)ccc2C(c2ccc3ccccc3c2)C1. The summed E-state index contributed by atoms with van der Waals surface area (Å²) in [5.41, 5.74) is 6.18. The molecular formula is C24H20N3. The Morgan fingerprint density at radius 2 is 1.85 bits per heavy atom. The van der Waals surface area contributed by atoms with Gasteiger partial charge in [-0.25, -0.2) is 0 Å². The first kappa shape index (κ1) is 16.2. The fourth-order valence-electron chi connectivity index (χ4n) is 4.14. The molecule has 1 aliphatic heterocycles. The van der Waals surface area contributed by atoms with E-state index < -0.39 is 0 Å². The zero-order valence-electron chi connectivity index (χ0n) is 15.3. The van der Waals surface area contributed by atoms with Crippen LogP contribution < -0.4 is 0 Å². The number of nitrogens with zero attached hydrogens (tertiary/aromatic N) is 3. The molecule has 27 heavy (non-hydrogen) atoms. The highest BCUT2D eigenvalue weighted by atomic mass is 15.1. The molecule has 0 aliphatic carbocycles. The van der Waals surface area contributed by atoms with E-state index in [1.165, 1.54) is 27.5 Å². The van der Waals surface area contributed by atoms with E-state index in [1.807, 2.05) is 12.1 Å². The summed E-state index contributed by atoms with van der Waals surface area (Å²) in [6, 6.07) is 25.9. The Morgan fingerprint density at radius 3 is 2.70 bits per heavy atom. The topological polar surface area (TPSA) is 29.0 Å². The highest BCUT2D eigenvalue weighted by Gasteiger charge is 2.25. The van der Waals surface area contributed by atoms with E-state index in [1.54, 1.807) is 0 Å². The molecule has 5 rings (SSSR count). The van der Waals surface area contributed by atoms with Crippen molar-refractivity contribution in [1.82, 2.24) is 15.1 Å². The van der Waals surface area contributed by atoms with Gasteiger partial charge in [0, 0.05) is 24.6 Å². The first-order valence-corrected chi connectivity index (χ1v) is 9.28. The van der Waals surface area contributed by atoms with Crippen LogP contribution in [0.15, 0.2) is 72.8 Å². The molecule has 2 heterocycles. The minimum absolute atomic E-state index is 0.382. The molecule has 3 nitrogen and oxygen atoms in total. The standard InChI is InChI=1S/C24H20N3/c1-27-15-21-14-20(24-7-4-12-25-26-24)10-11-22(21)23(16-27)19-9-8-17-5-2-3-6-18(17)13-19/h2-11,13-14,23H,15-16H2,1H3. The quantitative estimate of drug-likeness (QED) is 0.526. The second-order valence-electron chi connectivity index (χ2n) is 7.32. The summed E-state index contributed by atoms with van der Waals surface area (Å²) in [6.07, 6.45) is 2.75. The largest absolute Gasteiger partial charge is 0.301 e. The Hall–Kier alpha value is -3.04. The van der Waals surface area contributed by atoms with Gasteiger partial charge in [0.1, 0.15) is 6.20 Å². The Bertz CT molecular complexity index is 1100. The molecule has 0 saturated carbocycles. The van der Waals surface area contributed by atoms with Crippen molar-refractivity contribution in [2.45, 2.75) is 12.5 Å². The van der Waals surface area contributed by atoms with E-state index in [0.717, 1.165) is 24.3 Å². The molecule has 0 bridgehead atoms. The van der Waals surface area contributed by atoms with Gasteiger partial charge in [-0.05, 0) is 52.7 Å². The lowest BCUT2D eigenvalue weighted by atomic mass is 9.83. The van der Waals surface area contributed by atoms with Crippen LogP contribution in [0.25, 0.3) is 22.0 Å². The fourth-order valence-corrected chi connectivity index (χ4v) is 4.14. The van der Waals surface area contributed by atoms with Gasteiger partial charge < -0.3 is 4.90 Å². The molecule has 1 radical (unpaired) electrons. The minimum atomic E-state index is 0.382. The van der Waals surface area contributed by atoms with E-state index >= 15 is 0 Å². The molecule has 1 unspecified atom stereocenters. The van der Waals surface area contributed by atoms with E-state index in [-0.39, 0.29) is 0 Å². The fraction of sp³-hybridized carbons (Fsp3) is 0.167. The lowest BCUT2D eigenvalue weighted by Gasteiger charge is -2.33. The highest BCUT2D eigenvalue weighted by Crippen LogP contribution is 2.36. The summed E-state index contributed by atoms with van der Waals surface area (Å²) >= 11 is 0. The van der Waals surface area contributed by atoms with E-state index in [9.17, 15) is 0 Å². The molecule has 0 amide bonds. The van der Waals surface area contributed by atoms with E-state index in [2.05, 4.69) is 89.0 Å². The molecule has 131 valence electrons. The predicted octanol–water partition coefficient (Wildman–Crippen LogP) is 4.67. The van der Waals surface area contributed by atoms with Crippen molar-refractivity contribution in [3.05, 3.63) is 95.7 Å². The third-order valence-electron chi connectivity index (χ3n) is 5.46. The maximum absolute atomic E-state index is 4.21. The van der Waals surface area contributed by atoms with E-state index in [0.29, 0.717) is 5.92 Å². The predicted molar refractivity (Wildman–Crippen MR) is 108 cm³/mol. The van der Waals surface area contributed by atoms with Crippen molar-refractivity contribution in [3.8, 4) is 11.3 Å². The Morgan fingerprint density at radius 1 is 0.963 bits per heavy atom. The summed E-state index contributed by atoms with van der Waals surface area (Å²) in [6.45, 7) is 1.99. The third-order valence-corrected chi connectivity index (χ3v) is 5.46. The number of hydrogen-bond acceptors (Lipinski definition) is 3. The Labute approximate surface area is 159 Å². The molecule has 1 aliphatic rings. The molecule has 4 aromatic rings. The smallest absolute Gasteiger partial charge is 0.113 e. The molecule has 1 atom stereocenters. The number of fused-ring (bicyclic) bond motifs is 2. The van der Waals surface area contributed by atoms with Crippen LogP contribution in [0.2, 0.25) is 0 Å². The average Bonchev–Trinajstić information content (AvgIpc) is 2.73. The second-order valence-corrected chi connectivity index (χ2v) is 7.32. The zero-order chi connectivity index (χ0) is 18.2. The first-order chi connectivity index (χ1) is 13.3. The summed E-state index contributed by atoms with van der Waals surface area (Å²) in [7, 11) is 2.20. The summed E-state index contributed by atoms with van der Waals surface area (Å²) in [5.74, 6) is 0.382. The van der Waals surface area contributed by atoms with Gasteiger partial charge in [0.05, 0.1) is 5.69 Å². The second kappa shape index (κ2) is 6.60. The van der Waals surface area contributed by atoms with Gasteiger partial charge in [0.15, 0.2) is 0 Å². The van der Waals surface area contributed by atoms with Crippen molar-refractivity contribution < 1.29 is 0 Å². The molecule has 0 fully saturated rings. The Kier molecular flexibility index (Phi) is 3.95. The minimum Gasteiger partial charge on any atom is -0.301 e. The summed E-state index contributed by atoms with van der Waals surface area (Å²) in [5, 5.41) is 10.7. The average molecular weight is 350 g/mol. The summed E-state index contributed by atoms with van der Waals surface area (Å²) in [4.78, 5) is 2.40. The number of likely N-dealkylation sites (N-methyl/N-ethyl adjacent to an activating group) is 1. The zero-order valence-corrected chi connectivity index (χ0v) is 15.3. The maximum atomic E-state index is 4.21. The van der Waals surface area contributed by atoms with Crippen molar-refractivity contribution in [2.24, 2.45) is 0 Å². The van der Waals surface area contributed by atoms with Crippen LogP contribution in [0.3, 0.4) is 0 Å². The van der Waals surface area contributed by atoms with Crippen LogP contribution in [-0.4, -0.2) is 28.7 Å². The van der Waals surface area contributed by atoms with Gasteiger partial charge in [-0.2, -0.15) is 0 Å². The van der Waals surface area contributed by atoms with Crippen LogP contribution in [0, 0.1) is 6.20 Å². The van der Waals surface area contributed by atoms with Gasteiger partial charge in [0.2, 0.25) is 0 Å².